The van der Waals surface area contributed by atoms with Gasteiger partial charge in [0, 0.05) is 36.6 Å². The van der Waals surface area contributed by atoms with Gasteiger partial charge in [0.25, 0.3) is 5.91 Å². The predicted octanol–water partition coefficient (Wildman–Crippen LogP) is 8.07. The summed E-state index contributed by atoms with van der Waals surface area (Å²) in [6.07, 6.45) is 7.28. The molecule has 0 saturated heterocycles. The molecule has 1 amide bonds. The average Bonchev–Trinajstić information content (AvgIpc) is 3.45. The molecule has 0 unspecified atom stereocenters. The first kappa shape index (κ1) is 30.1. The maximum atomic E-state index is 12.0. The molecule has 0 spiro atoms. The number of benzene rings is 4. The summed E-state index contributed by atoms with van der Waals surface area (Å²) < 4.78 is 7.32. The van der Waals surface area contributed by atoms with Crippen molar-refractivity contribution in [2.24, 2.45) is 9.98 Å². The molecule has 7 rings (SSSR count). The third-order valence-corrected chi connectivity index (χ3v) is 9.26. The van der Waals surface area contributed by atoms with E-state index in [1.807, 2.05) is 48.6 Å². The summed E-state index contributed by atoms with van der Waals surface area (Å²) in [4.78, 5) is 30.1. The number of nitrogens with zero attached hydrogens (tertiary/aromatic N) is 5. The van der Waals surface area contributed by atoms with Crippen LogP contribution in [0.5, 0.6) is 5.75 Å². The van der Waals surface area contributed by atoms with Gasteiger partial charge in [0.1, 0.15) is 23.2 Å². The van der Waals surface area contributed by atoms with Crippen molar-refractivity contribution in [3.05, 3.63) is 144 Å². The Hall–Kier alpha value is -5.60. The van der Waals surface area contributed by atoms with Crippen LogP contribution >= 0.6 is 11.3 Å². The number of amidine groups is 2. The van der Waals surface area contributed by atoms with Crippen molar-refractivity contribution in [3.8, 4) is 16.3 Å². The van der Waals surface area contributed by atoms with E-state index in [0.717, 1.165) is 62.2 Å². The highest BCUT2D eigenvalue weighted by Crippen LogP contribution is 2.32. The van der Waals surface area contributed by atoms with E-state index in [4.69, 9.17) is 14.7 Å². The number of fused-ring (bicyclic) bond motifs is 3. The van der Waals surface area contributed by atoms with E-state index in [2.05, 4.69) is 96.1 Å². The number of amides is 1. The van der Waals surface area contributed by atoms with E-state index in [1.54, 1.807) is 11.3 Å². The molecule has 4 aromatic carbocycles. The molecule has 0 bridgehead atoms. The fourth-order valence-corrected chi connectivity index (χ4v) is 6.66. The minimum absolute atomic E-state index is 0.396. The Kier molecular flexibility index (Phi) is 8.33. The van der Waals surface area contributed by atoms with Gasteiger partial charge in [-0.2, -0.15) is 4.99 Å². The first-order chi connectivity index (χ1) is 22.9. The number of carbonyl (C=O) groups excluding carboxylic acids is 1. The topological polar surface area (TPSA) is 70.4 Å². The molecular formula is C39H33N5O2S. The lowest BCUT2D eigenvalue weighted by molar-refractivity contribution is -0.113. The van der Waals surface area contributed by atoms with Gasteiger partial charge in [-0.1, -0.05) is 49.0 Å². The van der Waals surface area contributed by atoms with Crippen LogP contribution in [-0.2, 0) is 11.3 Å². The molecule has 0 N–H and O–H groups in total. The largest absolute Gasteiger partial charge is 0.492 e. The van der Waals surface area contributed by atoms with Gasteiger partial charge in [0.05, 0.1) is 16.8 Å². The molecule has 2 aliphatic rings. The molecule has 3 heterocycles. The van der Waals surface area contributed by atoms with Gasteiger partial charge in [0.2, 0.25) is 0 Å². The number of carbonyl (C=O) groups is 1. The Balaban J connectivity index is 0.973. The number of hydrogen-bond donors (Lipinski definition) is 0. The number of hydrogen-bond acceptors (Lipinski definition) is 6. The maximum Gasteiger partial charge on any atom is 0.271 e. The number of likely N-dealkylation sites (N-methyl/N-ethyl adjacent to an activating group) is 1. The van der Waals surface area contributed by atoms with Gasteiger partial charge in [-0.05, 0) is 95.9 Å². The summed E-state index contributed by atoms with van der Waals surface area (Å²) in [6.45, 7) is 7.57. The second kappa shape index (κ2) is 13.0. The normalized spacial score (nSPS) is 14.6. The number of ether oxygens (including phenoxy) is 1. The number of allylic oxidation sites excluding steroid dienone is 2. The Morgan fingerprint density at radius 1 is 1.02 bits per heavy atom. The van der Waals surface area contributed by atoms with Gasteiger partial charge in [-0.15, -0.1) is 11.3 Å². The van der Waals surface area contributed by atoms with Crippen molar-refractivity contribution in [1.82, 2.24) is 9.88 Å². The van der Waals surface area contributed by atoms with Crippen LogP contribution in [0, 0.1) is 6.92 Å². The number of aliphatic imine (C=N–C) groups is 2. The smallest absolute Gasteiger partial charge is 0.271 e. The number of anilines is 1. The van der Waals surface area contributed by atoms with Crippen LogP contribution in [0.2, 0.25) is 0 Å². The Morgan fingerprint density at radius 3 is 2.62 bits per heavy atom. The number of aryl methyl sites for hydroxylation is 1. The highest BCUT2D eigenvalue weighted by Gasteiger charge is 2.22. The lowest BCUT2D eigenvalue weighted by Gasteiger charge is -2.23. The average molecular weight is 636 g/mol. The lowest BCUT2D eigenvalue weighted by atomic mass is 10.0. The molecule has 0 fully saturated rings. The summed E-state index contributed by atoms with van der Waals surface area (Å²) in [5, 5.41) is 1.04. The standard InChI is InChI=1S/C39H33N5O2S/c1-4-37(45)42-38-33-8-6-5-7-30(33)25-44-24-29(14-20-36(44)41-38)27-12-17-32(18-13-27)46-22-21-43(3)31-15-10-28(11-16-31)39-40-34-19-9-26(2)23-35(34)47-39/h4-20,23-24H,1,21-22,25H2,2-3H3. The third kappa shape index (κ3) is 6.55. The van der Waals surface area contributed by atoms with Crippen molar-refractivity contribution in [1.29, 1.82) is 0 Å². The van der Waals surface area contributed by atoms with Gasteiger partial charge in [-0.3, -0.25) is 4.79 Å². The van der Waals surface area contributed by atoms with Crippen LogP contribution in [0.4, 0.5) is 5.69 Å². The molecule has 0 radical (unpaired) electrons. The minimum atomic E-state index is -0.414. The van der Waals surface area contributed by atoms with Crippen LogP contribution in [0.15, 0.2) is 132 Å². The molecule has 0 atom stereocenters. The van der Waals surface area contributed by atoms with Crippen molar-refractivity contribution >= 4 is 50.4 Å². The SMILES string of the molecule is C=CC(=O)N=C1N=C2C=CC(c3ccc(OCCN(C)c4ccc(-c5nc6ccc(C)cc6s5)cc4)cc3)=CN2Cc2ccccc21. The van der Waals surface area contributed by atoms with E-state index in [1.165, 1.54) is 16.3 Å². The predicted molar refractivity (Wildman–Crippen MR) is 193 cm³/mol. The molecule has 5 aromatic rings. The zero-order chi connectivity index (χ0) is 32.3. The molecule has 232 valence electrons. The molecule has 47 heavy (non-hydrogen) atoms. The van der Waals surface area contributed by atoms with Crippen LogP contribution < -0.4 is 9.64 Å². The van der Waals surface area contributed by atoms with Crippen LogP contribution in [0.3, 0.4) is 0 Å². The maximum absolute atomic E-state index is 12.0. The van der Waals surface area contributed by atoms with Crippen LogP contribution in [0.25, 0.3) is 26.4 Å². The summed E-state index contributed by atoms with van der Waals surface area (Å²) >= 11 is 1.73. The molecule has 0 saturated carbocycles. The minimum Gasteiger partial charge on any atom is -0.492 e. The quantitative estimate of drug-likeness (QED) is 0.161. The third-order valence-electron chi connectivity index (χ3n) is 8.19. The molecule has 1 aromatic heterocycles. The zero-order valence-corrected chi connectivity index (χ0v) is 27.1. The van der Waals surface area contributed by atoms with Crippen LogP contribution in [0.1, 0.15) is 22.3 Å². The van der Waals surface area contributed by atoms with E-state index >= 15 is 0 Å². The zero-order valence-electron chi connectivity index (χ0n) is 26.3. The van der Waals surface area contributed by atoms with E-state index < -0.39 is 5.91 Å². The second-order valence-electron chi connectivity index (χ2n) is 11.5. The summed E-state index contributed by atoms with van der Waals surface area (Å²) in [7, 11) is 2.08. The fraction of sp³-hybridized carbons (Fsp3) is 0.128. The fourth-order valence-electron chi connectivity index (χ4n) is 5.59. The van der Waals surface area contributed by atoms with Crippen molar-refractivity contribution in [2.75, 3.05) is 25.1 Å². The molecule has 7 nitrogen and oxygen atoms in total. The monoisotopic (exact) mass is 635 g/mol. The molecular weight excluding hydrogens is 603 g/mol. The molecule has 0 aliphatic carbocycles. The Labute approximate surface area is 278 Å². The van der Waals surface area contributed by atoms with E-state index in [-0.39, 0.29) is 0 Å². The van der Waals surface area contributed by atoms with E-state index in [0.29, 0.717) is 19.0 Å². The second-order valence-corrected chi connectivity index (χ2v) is 12.5. The van der Waals surface area contributed by atoms with Crippen molar-refractivity contribution in [2.45, 2.75) is 13.5 Å². The number of aromatic nitrogens is 1. The highest BCUT2D eigenvalue weighted by atomic mass is 32.1. The Bertz CT molecular complexity index is 2110. The molecule has 2 aliphatic heterocycles. The van der Waals surface area contributed by atoms with Gasteiger partial charge in [-0.25, -0.2) is 9.98 Å². The van der Waals surface area contributed by atoms with Gasteiger partial charge >= 0.3 is 0 Å². The Morgan fingerprint density at radius 2 is 1.81 bits per heavy atom. The first-order valence-corrected chi connectivity index (χ1v) is 16.3. The molecule has 8 heteroatoms. The van der Waals surface area contributed by atoms with Gasteiger partial charge < -0.3 is 14.5 Å². The van der Waals surface area contributed by atoms with Gasteiger partial charge in [0.15, 0.2) is 5.84 Å². The summed E-state index contributed by atoms with van der Waals surface area (Å²) in [5.41, 5.74) is 8.57. The number of rotatable bonds is 8. The van der Waals surface area contributed by atoms with Crippen molar-refractivity contribution in [3.63, 3.8) is 0 Å². The lowest BCUT2D eigenvalue weighted by Crippen LogP contribution is -2.25. The summed E-state index contributed by atoms with van der Waals surface area (Å²) in [6, 6.07) is 31.0. The number of thiazole rings is 1. The van der Waals surface area contributed by atoms with E-state index in [9.17, 15) is 4.79 Å². The van der Waals surface area contributed by atoms with Crippen molar-refractivity contribution < 1.29 is 9.53 Å². The van der Waals surface area contributed by atoms with Crippen LogP contribution in [-0.4, -0.2) is 47.7 Å². The first-order valence-electron chi connectivity index (χ1n) is 15.4. The summed E-state index contributed by atoms with van der Waals surface area (Å²) in [5.74, 6) is 1.53. The highest BCUT2D eigenvalue weighted by molar-refractivity contribution is 7.21.